The van der Waals surface area contributed by atoms with Gasteiger partial charge < -0.3 is 9.64 Å². The number of aryl methyl sites for hydroxylation is 1. The lowest BCUT2D eigenvalue weighted by molar-refractivity contribution is 0.0230. The average molecular weight is 395 g/mol. The van der Waals surface area contributed by atoms with Crippen LogP contribution >= 0.6 is 11.6 Å². The molecule has 0 spiro atoms. The average Bonchev–Trinajstić information content (AvgIpc) is 2.95. The minimum Gasteiger partial charge on any atom is -0.444 e. The Kier molecular flexibility index (Phi) is 5.70. The number of pyridine rings is 1. The van der Waals surface area contributed by atoms with E-state index in [1.54, 1.807) is 34.7 Å². The topological polar surface area (TPSA) is 96.9 Å². The summed E-state index contributed by atoms with van der Waals surface area (Å²) in [4.78, 5) is 18.6. The third-order valence-electron chi connectivity index (χ3n) is 3.73. The molecule has 1 unspecified atom stereocenters. The first-order chi connectivity index (χ1) is 12.5. The van der Waals surface area contributed by atoms with Crippen LogP contribution in [0.1, 0.15) is 45.0 Å². The maximum atomic E-state index is 14.6. The van der Waals surface area contributed by atoms with Crippen LogP contribution in [-0.2, 0) is 11.8 Å². The van der Waals surface area contributed by atoms with Gasteiger partial charge in [0.1, 0.15) is 23.1 Å². The SMILES string of the molecule is CC(c1nn(C)nc1-c1c(C#N)cnc(Cl)c1F)N(C)C(=O)OC(C)(C)C. The van der Waals surface area contributed by atoms with Gasteiger partial charge in [0, 0.05) is 20.3 Å². The van der Waals surface area contributed by atoms with Crippen LogP contribution in [0.5, 0.6) is 0 Å². The molecule has 2 rings (SSSR count). The highest BCUT2D eigenvalue weighted by atomic mass is 35.5. The molecule has 0 aliphatic carbocycles. The summed E-state index contributed by atoms with van der Waals surface area (Å²) in [6.07, 6.45) is 0.599. The van der Waals surface area contributed by atoms with Crippen molar-refractivity contribution >= 4 is 17.7 Å². The molecule has 10 heteroatoms. The fraction of sp³-hybridized carbons (Fsp3) is 0.471. The lowest BCUT2D eigenvalue weighted by atomic mass is 10.0. The van der Waals surface area contributed by atoms with Crippen LogP contribution < -0.4 is 0 Å². The van der Waals surface area contributed by atoms with E-state index in [1.807, 2.05) is 6.07 Å². The number of nitriles is 1. The molecule has 0 aliphatic heterocycles. The van der Waals surface area contributed by atoms with Crippen molar-refractivity contribution in [3.63, 3.8) is 0 Å². The standard InChI is InChI=1S/C17H20ClFN6O2/c1-9(24(5)16(26)27-17(2,3)4)13-14(23-25(6)22-13)11-10(7-20)8-21-15(18)12(11)19/h8-9H,1-6H3. The molecule has 1 amide bonds. The summed E-state index contributed by atoms with van der Waals surface area (Å²) in [6.45, 7) is 6.96. The van der Waals surface area contributed by atoms with E-state index >= 15 is 0 Å². The summed E-state index contributed by atoms with van der Waals surface area (Å²) in [5.74, 6) is -0.871. The minimum atomic E-state index is -0.871. The van der Waals surface area contributed by atoms with Gasteiger partial charge in [-0.3, -0.25) is 0 Å². The van der Waals surface area contributed by atoms with Gasteiger partial charge in [0.05, 0.1) is 17.2 Å². The first kappa shape index (κ1) is 20.6. The van der Waals surface area contributed by atoms with Crippen LogP contribution in [-0.4, -0.2) is 43.6 Å². The summed E-state index contributed by atoms with van der Waals surface area (Å²) in [6, 6.07) is 1.27. The minimum absolute atomic E-state index is 0.0363. The van der Waals surface area contributed by atoms with Crippen LogP contribution in [0.4, 0.5) is 9.18 Å². The van der Waals surface area contributed by atoms with Crippen LogP contribution in [0.25, 0.3) is 11.3 Å². The second-order valence-corrected chi connectivity index (χ2v) is 7.31. The zero-order chi connectivity index (χ0) is 20.5. The number of hydrogen-bond acceptors (Lipinski definition) is 6. The molecule has 0 aliphatic rings. The van der Waals surface area contributed by atoms with Crippen molar-refractivity contribution in [3.05, 3.63) is 28.4 Å². The van der Waals surface area contributed by atoms with Gasteiger partial charge in [0.25, 0.3) is 0 Å². The Bertz CT molecular complexity index is 915. The summed E-state index contributed by atoms with van der Waals surface area (Å²) in [5.41, 5.74) is -0.410. The number of halogens is 2. The van der Waals surface area contributed by atoms with Crippen molar-refractivity contribution in [2.75, 3.05) is 7.05 Å². The molecule has 0 saturated carbocycles. The van der Waals surface area contributed by atoms with Crippen molar-refractivity contribution in [2.24, 2.45) is 7.05 Å². The molecule has 0 saturated heterocycles. The second-order valence-electron chi connectivity index (χ2n) is 6.95. The van der Waals surface area contributed by atoms with E-state index in [1.165, 1.54) is 22.9 Å². The molecule has 2 heterocycles. The summed E-state index contributed by atoms with van der Waals surface area (Å²) < 4.78 is 20.0. The third-order valence-corrected chi connectivity index (χ3v) is 4.00. The van der Waals surface area contributed by atoms with Crippen molar-refractivity contribution in [1.82, 2.24) is 24.9 Å². The monoisotopic (exact) mass is 394 g/mol. The number of carbonyl (C=O) groups excluding carboxylic acids is 1. The molecule has 2 aromatic heterocycles. The molecular formula is C17H20ClFN6O2. The Morgan fingerprint density at radius 3 is 2.63 bits per heavy atom. The van der Waals surface area contributed by atoms with E-state index in [0.29, 0.717) is 5.69 Å². The Morgan fingerprint density at radius 2 is 2.07 bits per heavy atom. The molecule has 1 atom stereocenters. The highest BCUT2D eigenvalue weighted by Crippen LogP contribution is 2.34. The number of nitrogens with zero attached hydrogens (tertiary/aromatic N) is 6. The van der Waals surface area contributed by atoms with Gasteiger partial charge in [-0.2, -0.15) is 20.3 Å². The molecule has 144 valence electrons. The van der Waals surface area contributed by atoms with E-state index in [2.05, 4.69) is 15.2 Å². The van der Waals surface area contributed by atoms with Crippen molar-refractivity contribution in [2.45, 2.75) is 39.3 Å². The molecule has 0 N–H and O–H groups in total. The van der Waals surface area contributed by atoms with Crippen LogP contribution in [0, 0.1) is 17.1 Å². The van der Waals surface area contributed by atoms with Gasteiger partial charge >= 0.3 is 6.09 Å². The highest BCUT2D eigenvalue weighted by Gasteiger charge is 2.30. The number of ether oxygens (including phenoxy) is 1. The zero-order valence-corrected chi connectivity index (χ0v) is 16.7. The Morgan fingerprint density at radius 1 is 1.44 bits per heavy atom. The smallest absolute Gasteiger partial charge is 0.410 e. The first-order valence-corrected chi connectivity index (χ1v) is 8.45. The van der Waals surface area contributed by atoms with Crippen molar-refractivity contribution < 1.29 is 13.9 Å². The van der Waals surface area contributed by atoms with Crippen LogP contribution in [0.2, 0.25) is 5.15 Å². The highest BCUT2D eigenvalue weighted by molar-refractivity contribution is 6.29. The number of carbonyl (C=O) groups is 1. The first-order valence-electron chi connectivity index (χ1n) is 8.07. The predicted molar refractivity (Wildman–Crippen MR) is 96.3 cm³/mol. The Balaban J connectivity index is 2.53. The molecule has 0 bridgehead atoms. The fourth-order valence-electron chi connectivity index (χ4n) is 2.34. The maximum Gasteiger partial charge on any atom is 0.410 e. The lowest BCUT2D eigenvalue weighted by Crippen LogP contribution is -2.36. The van der Waals surface area contributed by atoms with Crippen molar-refractivity contribution in [3.8, 4) is 17.3 Å². The predicted octanol–water partition coefficient (Wildman–Crippen LogP) is 3.47. The fourth-order valence-corrected chi connectivity index (χ4v) is 2.48. The normalized spacial score (nSPS) is 12.4. The van der Waals surface area contributed by atoms with E-state index in [9.17, 15) is 14.4 Å². The number of aromatic nitrogens is 4. The van der Waals surface area contributed by atoms with Crippen molar-refractivity contribution in [1.29, 1.82) is 5.26 Å². The number of hydrogen-bond donors (Lipinski definition) is 0. The summed E-state index contributed by atoms with van der Waals surface area (Å²) in [7, 11) is 3.10. The van der Waals surface area contributed by atoms with Crippen LogP contribution in [0.15, 0.2) is 6.20 Å². The van der Waals surface area contributed by atoms with Gasteiger partial charge in [-0.15, -0.1) is 0 Å². The maximum absolute atomic E-state index is 14.6. The molecule has 2 aromatic rings. The molecule has 27 heavy (non-hydrogen) atoms. The molecular weight excluding hydrogens is 375 g/mol. The lowest BCUT2D eigenvalue weighted by Gasteiger charge is -2.28. The molecule has 8 nitrogen and oxygen atoms in total. The van der Waals surface area contributed by atoms with E-state index in [0.717, 1.165) is 0 Å². The summed E-state index contributed by atoms with van der Waals surface area (Å²) in [5, 5.41) is 17.4. The summed E-state index contributed by atoms with van der Waals surface area (Å²) >= 11 is 5.78. The van der Waals surface area contributed by atoms with Crippen LogP contribution in [0.3, 0.4) is 0 Å². The quantitative estimate of drug-likeness (QED) is 0.739. The Labute approximate surface area is 161 Å². The molecule has 0 fully saturated rings. The zero-order valence-electron chi connectivity index (χ0n) is 15.9. The third kappa shape index (κ3) is 4.34. The molecule has 0 radical (unpaired) electrons. The van der Waals surface area contributed by atoms with E-state index in [4.69, 9.17) is 16.3 Å². The largest absolute Gasteiger partial charge is 0.444 e. The molecule has 0 aromatic carbocycles. The van der Waals surface area contributed by atoms with E-state index in [-0.39, 0.29) is 22.0 Å². The Hall–Kier alpha value is -2.73. The number of amides is 1. The van der Waals surface area contributed by atoms with Gasteiger partial charge in [-0.05, 0) is 27.7 Å². The van der Waals surface area contributed by atoms with Gasteiger partial charge in [0.2, 0.25) is 0 Å². The van der Waals surface area contributed by atoms with E-state index < -0.39 is 23.6 Å². The second kappa shape index (κ2) is 7.48. The van der Waals surface area contributed by atoms with Gasteiger partial charge in [-0.25, -0.2) is 14.2 Å². The van der Waals surface area contributed by atoms with Gasteiger partial charge in [0.15, 0.2) is 11.0 Å². The number of rotatable bonds is 3. The van der Waals surface area contributed by atoms with Gasteiger partial charge in [-0.1, -0.05) is 11.6 Å².